The van der Waals surface area contributed by atoms with Gasteiger partial charge < -0.3 is 19.6 Å². The number of amides is 1. The van der Waals surface area contributed by atoms with Crippen LogP contribution in [0.25, 0.3) is 10.9 Å². The number of benzene rings is 1. The standard InChI is InChI=1S/C27H33N5O3/c1-3-35-21-9-10-23-22(17-21)19(2)29-26(30-23)32-14-6-7-20(18-32)25(33)31-15-11-27(34,12-16-31)24-8-4-5-13-28-24/h4-5,8-10,13,17,20,34H,3,6-7,11-12,14-16,18H2,1-2H3. The zero-order valence-electron chi connectivity index (χ0n) is 20.5. The molecule has 2 aliphatic heterocycles. The Morgan fingerprint density at radius 1 is 1.17 bits per heavy atom. The van der Waals surface area contributed by atoms with Crippen molar-refractivity contribution in [3.05, 3.63) is 54.0 Å². The summed E-state index contributed by atoms with van der Waals surface area (Å²) in [4.78, 5) is 31.4. The van der Waals surface area contributed by atoms with Crippen LogP contribution in [0.5, 0.6) is 5.75 Å². The largest absolute Gasteiger partial charge is 0.494 e. The van der Waals surface area contributed by atoms with E-state index in [9.17, 15) is 9.90 Å². The first-order valence-electron chi connectivity index (χ1n) is 12.6. The fourth-order valence-electron chi connectivity index (χ4n) is 5.25. The van der Waals surface area contributed by atoms with Gasteiger partial charge >= 0.3 is 0 Å². The molecular formula is C27H33N5O3. The summed E-state index contributed by atoms with van der Waals surface area (Å²) in [6.45, 7) is 7.10. The van der Waals surface area contributed by atoms with Gasteiger partial charge in [0.15, 0.2) is 0 Å². The maximum absolute atomic E-state index is 13.4. The highest BCUT2D eigenvalue weighted by Gasteiger charge is 2.38. The van der Waals surface area contributed by atoms with Crippen molar-refractivity contribution >= 4 is 22.8 Å². The Kier molecular flexibility index (Phi) is 6.56. The van der Waals surface area contributed by atoms with Crippen LogP contribution < -0.4 is 9.64 Å². The van der Waals surface area contributed by atoms with Crippen molar-refractivity contribution in [1.82, 2.24) is 19.9 Å². The van der Waals surface area contributed by atoms with Gasteiger partial charge in [-0.3, -0.25) is 9.78 Å². The number of rotatable bonds is 5. The van der Waals surface area contributed by atoms with Crippen LogP contribution in [0, 0.1) is 12.8 Å². The van der Waals surface area contributed by atoms with E-state index in [4.69, 9.17) is 14.7 Å². The van der Waals surface area contributed by atoms with Gasteiger partial charge in [-0.05, 0) is 69.9 Å². The van der Waals surface area contributed by atoms with Gasteiger partial charge in [0.25, 0.3) is 0 Å². The maximum Gasteiger partial charge on any atom is 0.227 e. The molecule has 1 N–H and O–H groups in total. The second-order valence-electron chi connectivity index (χ2n) is 9.58. The Balaban J connectivity index is 1.26. The van der Waals surface area contributed by atoms with Crippen molar-refractivity contribution in [3.63, 3.8) is 0 Å². The van der Waals surface area contributed by atoms with Crippen LogP contribution in [0.3, 0.4) is 0 Å². The van der Waals surface area contributed by atoms with Crippen LogP contribution in [0.4, 0.5) is 5.95 Å². The number of aromatic nitrogens is 3. The molecule has 8 nitrogen and oxygen atoms in total. The molecule has 1 amide bonds. The van der Waals surface area contributed by atoms with Gasteiger partial charge in [0.1, 0.15) is 11.4 Å². The predicted molar refractivity (Wildman–Crippen MR) is 134 cm³/mol. The Morgan fingerprint density at radius 3 is 2.74 bits per heavy atom. The topological polar surface area (TPSA) is 91.7 Å². The summed E-state index contributed by atoms with van der Waals surface area (Å²) in [6.07, 6.45) is 4.49. The highest BCUT2D eigenvalue weighted by molar-refractivity contribution is 5.83. The van der Waals surface area contributed by atoms with Crippen molar-refractivity contribution in [2.24, 2.45) is 5.92 Å². The van der Waals surface area contributed by atoms with Crippen molar-refractivity contribution < 1.29 is 14.6 Å². The van der Waals surface area contributed by atoms with E-state index in [1.807, 2.05) is 55.1 Å². The number of likely N-dealkylation sites (tertiary alicyclic amines) is 1. The first kappa shape index (κ1) is 23.5. The van der Waals surface area contributed by atoms with E-state index in [0.717, 1.165) is 41.7 Å². The molecule has 1 unspecified atom stereocenters. The number of carbonyl (C=O) groups is 1. The Bertz CT molecular complexity index is 1190. The quantitative estimate of drug-likeness (QED) is 0.604. The van der Waals surface area contributed by atoms with Crippen molar-refractivity contribution in [3.8, 4) is 5.75 Å². The number of carbonyl (C=O) groups excluding carboxylic acids is 1. The number of fused-ring (bicyclic) bond motifs is 1. The molecule has 0 aliphatic carbocycles. The first-order chi connectivity index (χ1) is 17.0. The van der Waals surface area contributed by atoms with Crippen LogP contribution in [0.1, 0.15) is 44.0 Å². The molecular weight excluding hydrogens is 442 g/mol. The number of hydrogen-bond acceptors (Lipinski definition) is 7. The third-order valence-electron chi connectivity index (χ3n) is 7.25. The molecule has 1 atom stereocenters. The number of piperidine rings is 2. The van der Waals surface area contributed by atoms with E-state index in [2.05, 4.69) is 9.88 Å². The smallest absolute Gasteiger partial charge is 0.227 e. The molecule has 0 spiro atoms. The molecule has 0 bridgehead atoms. The van der Waals surface area contributed by atoms with Crippen LogP contribution in [0.2, 0.25) is 0 Å². The lowest BCUT2D eigenvalue weighted by molar-refractivity contribution is -0.140. The molecule has 35 heavy (non-hydrogen) atoms. The second-order valence-corrected chi connectivity index (χ2v) is 9.58. The molecule has 4 heterocycles. The number of ether oxygens (including phenoxy) is 1. The summed E-state index contributed by atoms with van der Waals surface area (Å²) in [5.41, 5.74) is 1.52. The van der Waals surface area contributed by atoms with Gasteiger partial charge in [0, 0.05) is 37.8 Å². The summed E-state index contributed by atoms with van der Waals surface area (Å²) in [5, 5.41) is 12.1. The summed E-state index contributed by atoms with van der Waals surface area (Å²) in [6, 6.07) is 11.5. The minimum atomic E-state index is -0.963. The fraction of sp³-hybridized carbons (Fsp3) is 0.481. The molecule has 0 saturated carbocycles. The lowest BCUT2D eigenvalue weighted by Crippen LogP contribution is -2.50. The number of aliphatic hydroxyl groups is 1. The van der Waals surface area contributed by atoms with E-state index in [1.54, 1.807) is 6.20 Å². The molecule has 0 radical (unpaired) electrons. The molecule has 5 rings (SSSR count). The Labute approximate surface area is 206 Å². The molecule has 3 aromatic rings. The Hall–Kier alpha value is -3.26. The highest BCUT2D eigenvalue weighted by Crippen LogP contribution is 2.33. The second kappa shape index (κ2) is 9.77. The highest BCUT2D eigenvalue weighted by atomic mass is 16.5. The third-order valence-corrected chi connectivity index (χ3v) is 7.25. The van der Waals surface area contributed by atoms with Gasteiger partial charge in [-0.1, -0.05) is 6.07 Å². The number of nitrogens with zero attached hydrogens (tertiary/aromatic N) is 5. The van der Waals surface area contributed by atoms with Gasteiger partial charge in [0.05, 0.1) is 29.4 Å². The average molecular weight is 476 g/mol. The zero-order chi connectivity index (χ0) is 24.4. The zero-order valence-corrected chi connectivity index (χ0v) is 20.5. The molecule has 1 aromatic carbocycles. The molecule has 2 fully saturated rings. The first-order valence-corrected chi connectivity index (χ1v) is 12.6. The average Bonchev–Trinajstić information content (AvgIpc) is 2.90. The molecule has 2 aliphatic rings. The van der Waals surface area contributed by atoms with Crippen molar-refractivity contribution in [1.29, 1.82) is 0 Å². The molecule has 8 heteroatoms. The minimum absolute atomic E-state index is 0.0928. The van der Waals surface area contributed by atoms with Gasteiger partial charge in [-0.25, -0.2) is 9.97 Å². The third kappa shape index (κ3) is 4.80. The number of pyridine rings is 1. The normalized spacial score (nSPS) is 20.1. The van der Waals surface area contributed by atoms with Crippen molar-refractivity contribution in [2.45, 2.75) is 45.1 Å². The SMILES string of the molecule is CCOc1ccc2nc(N3CCCC(C(=O)N4CCC(O)(c5ccccn5)CC4)C3)nc(C)c2c1. The predicted octanol–water partition coefficient (Wildman–Crippen LogP) is 3.46. The van der Waals surface area contributed by atoms with Crippen LogP contribution in [-0.2, 0) is 10.4 Å². The van der Waals surface area contributed by atoms with E-state index in [-0.39, 0.29) is 11.8 Å². The maximum atomic E-state index is 13.4. The van der Waals surface area contributed by atoms with Gasteiger partial charge in [-0.2, -0.15) is 0 Å². The monoisotopic (exact) mass is 475 g/mol. The van der Waals surface area contributed by atoms with Crippen molar-refractivity contribution in [2.75, 3.05) is 37.7 Å². The van der Waals surface area contributed by atoms with Gasteiger partial charge in [0.2, 0.25) is 11.9 Å². The van der Waals surface area contributed by atoms with E-state index in [1.165, 1.54) is 0 Å². The van der Waals surface area contributed by atoms with Crippen LogP contribution in [0.15, 0.2) is 42.6 Å². The molecule has 2 aromatic heterocycles. The number of aryl methyl sites for hydroxylation is 1. The molecule has 2 saturated heterocycles. The van der Waals surface area contributed by atoms with E-state index in [0.29, 0.717) is 50.7 Å². The van der Waals surface area contributed by atoms with Crippen LogP contribution in [-0.4, -0.2) is 63.7 Å². The summed E-state index contributed by atoms with van der Waals surface area (Å²) in [5.74, 6) is 1.57. The lowest BCUT2D eigenvalue weighted by atomic mass is 9.86. The summed E-state index contributed by atoms with van der Waals surface area (Å²) >= 11 is 0. The van der Waals surface area contributed by atoms with E-state index >= 15 is 0 Å². The minimum Gasteiger partial charge on any atom is -0.494 e. The fourth-order valence-corrected chi connectivity index (χ4v) is 5.25. The lowest BCUT2D eigenvalue weighted by Gasteiger charge is -2.40. The Morgan fingerprint density at radius 2 is 2.00 bits per heavy atom. The summed E-state index contributed by atoms with van der Waals surface area (Å²) in [7, 11) is 0. The van der Waals surface area contributed by atoms with Gasteiger partial charge in [-0.15, -0.1) is 0 Å². The number of hydrogen-bond donors (Lipinski definition) is 1. The van der Waals surface area contributed by atoms with Crippen LogP contribution >= 0.6 is 0 Å². The van der Waals surface area contributed by atoms with E-state index < -0.39 is 5.60 Å². The number of anilines is 1. The summed E-state index contributed by atoms with van der Waals surface area (Å²) < 4.78 is 5.62. The molecule has 184 valence electrons.